The number of furan rings is 1. The van der Waals surface area contributed by atoms with E-state index in [2.05, 4.69) is 60.3 Å². The Hall–Kier alpha value is -3.58. The molecule has 0 saturated heterocycles. The van der Waals surface area contributed by atoms with Gasteiger partial charge in [0, 0.05) is 52.9 Å². The van der Waals surface area contributed by atoms with E-state index in [1.54, 1.807) is 32.2 Å². The molecule has 185 valence electrons. The molecule has 3 heterocycles. The first-order valence-electron chi connectivity index (χ1n) is 11.9. The third kappa shape index (κ3) is 4.63. The number of carbonyl (C=O) groups is 1. The minimum absolute atomic E-state index is 0.0116. The average Bonchev–Trinajstić information content (AvgIpc) is 3.56. The number of hydrogen-bond donors (Lipinski definition) is 1. The third-order valence-corrected chi connectivity index (χ3v) is 7.07. The zero-order chi connectivity index (χ0) is 25.7. The lowest BCUT2D eigenvalue weighted by Crippen LogP contribution is -2.45. The van der Waals surface area contributed by atoms with Gasteiger partial charge in [-0.1, -0.05) is 26.8 Å². The molecule has 0 atom stereocenters. The summed E-state index contributed by atoms with van der Waals surface area (Å²) in [4.78, 5) is 16.9. The van der Waals surface area contributed by atoms with Crippen molar-refractivity contribution >= 4 is 39.1 Å². The van der Waals surface area contributed by atoms with E-state index in [0.717, 1.165) is 43.9 Å². The highest BCUT2D eigenvalue weighted by Gasteiger charge is 2.29. The number of fused-ring (bicyclic) bond motifs is 2. The van der Waals surface area contributed by atoms with Crippen molar-refractivity contribution in [3.05, 3.63) is 71.4 Å². The normalized spacial score (nSPS) is 12.4. The molecular weight excluding hydrogens is 470 g/mol. The van der Waals surface area contributed by atoms with Crippen LogP contribution in [-0.4, -0.2) is 28.1 Å². The van der Waals surface area contributed by atoms with Crippen LogP contribution < -0.4 is 10.1 Å². The maximum atomic E-state index is 12.1. The van der Waals surface area contributed by atoms with Crippen molar-refractivity contribution in [2.75, 3.05) is 7.05 Å². The van der Waals surface area contributed by atoms with Crippen LogP contribution in [0.15, 0.2) is 58.5 Å². The lowest BCUT2D eigenvalue weighted by Gasteiger charge is -2.24. The zero-order valence-electron chi connectivity index (χ0n) is 21.4. The van der Waals surface area contributed by atoms with Gasteiger partial charge in [-0.05, 0) is 55.8 Å². The smallest absolute Gasteiger partial charge is 0.263 e. The van der Waals surface area contributed by atoms with Crippen molar-refractivity contribution < 1.29 is 13.9 Å². The third-order valence-electron chi connectivity index (χ3n) is 6.22. The van der Waals surface area contributed by atoms with Crippen LogP contribution in [0.1, 0.15) is 45.9 Å². The van der Waals surface area contributed by atoms with Gasteiger partial charge in [-0.2, -0.15) is 0 Å². The first-order chi connectivity index (χ1) is 17.0. The molecule has 7 heteroatoms. The van der Waals surface area contributed by atoms with Crippen LogP contribution in [0.25, 0.3) is 32.6 Å². The van der Waals surface area contributed by atoms with Gasteiger partial charge in [0.05, 0.1) is 5.69 Å². The first kappa shape index (κ1) is 24.1. The number of rotatable bonds is 6. The second-order valence-electron chi connectivity index (χ2n) is 10.5. The molecule has 0 unspecified atom stereocenters. The minimum atomic E-state index is -0.962. The quantitative estimate of drug-likeness (QED) is 0.287. The number of carbonyl (C=O) groups excluding carboxylic acids is 1. The van der Waals surface area contributed by atoms with Crippen LogP contribution >= 0.6 is 11.3 Å². The van der Waals surface area contributed by atoms with Crippen molar-refractivity contribution in [1.82, 2.24) is 14.9 Å². The molecule has 0 aliphatic carbocycles. The Balaban J connectivity index is 1.37. The fraction of sp³-hybridized carbons (Fsp3) is 0.310. The number of aromatic nitrogens is 2. The monoisotopic (exact) mass is 500 g/mol. The van der Waals surface area contributed by atoms with Gasteiger partial charge < -0.3 is 19.0 Å². The van der Waals surface area contributed by atoms with E-state index in [0.29, 0.717) is 12.3 Å². The van der Waals surface area contributed by atoms with Gasteiger partial charge in [-0.25, -0.2) is 4.98 Å². The standard InChI is InChI=1S/C29H30N3O3S/c1-28(2,3)25-17-36-26(31-25)24-15-20-13-18(7-10-23(20)34-24)16-32-12-11-19-14-21(8-9-22(19)32)35-29(4,5)27(33)30-6/h7-10,12-15,17H,16H2,1-6H3,(H,30,33). The van der Waals surface area contributed by atoms with E-state index in [9.17, 15) is 4.79 Å². The SMILES string of the molecule is CNC(=O)C(C)(C)Oc1ccc2c([c]cn2Cc2ccc3oc(-c4nc(C(C)(C)C)cs4)cc3c2)c1. The summed E-state index contributed by atoms with van der Waals surface area (Å²) in [6.45, 7) is 10.7. The van der Waals surface area contributed by atoms with Gasteiger partial charge in [0.15, 0.2) is 16.4 Å². The van der Waals surface area contributed by atoms with Crippen LogP contribution in [0.2, 0.25) is 0 Å². The Morgan fingerprint density at radius 1 is 1.14 bits per heavy atom. The van der Waals surface area contributed by atoms with Crippen LogP contribution in [0.3, 0.4) is 0 Å². The molecule has 0 spiro atoms. The molecule has 36 heavy (non-hydrogen) atoms. The summed E-state index contributed by atoms with van der Waals surface area (Å²) in [5.74, 6) is 1.26. The average molecular weight is 501 g/mol. The highest BCUT2D eigenvalue weighted by atomic mass is 32.1. The number of hydrogen-bond acceptors (Lipinski definition) is 5. The van der Waals surface area contributed by atoms with Crippen molar-refractivity contribution in [1.29, 1.82) is 0 Å². The Morgan fingerprint density at radius 3 is 2.67 bits per heavy atom. The molecule has 5 aromatic rings. The molecule has 6 nitrogen and oxygen atoms in total. The van der Waals surface area contributed by atoms with E-state index in [-0.39, 0.29) is 11.3 Å². The molecule has 0 saturated carbocycles. The lowest BCUT2D eigenvalue weighted by molar-refractivity contribution is -0.133. The molecule has 0 aliphatic heterocycles. The number of ether oxygens (including phenoxy) is 1. The number of likely N-dealkylation sites (N-methyl/N-ethyl adjacent to an activating group) is 1. The second kappa shape index (κ2) is 8.82. The van der Waals surface area contributed by atoms with E-state index in [1.165, 1.54) is 0 Å². The molecule has 0 aliphatic rings. The molecule has 5 rings (SSSR count). The molecule has 1 radical (unpaired) electrons. The molecule has 2 aromatic carbocycles. The second-order valence-corrected chi connectivity index (χ2v) is 11.4. The highest BCUT2D eigenvalue weighted by Crippen LogP contribution is 2.34. The molecular formula is C29H30N3O3S. The maximum absolute atomic E-state index is 12.1. The molecule has 0 bridgehead atoms. The van der Waals surface area contributed by atoms with Crippen LogP contribution in [0.5, 0.6) is 5.75 Å². The summed E-state index contributed by atoms with van der Waals surface area (Å²) < 4.78 is 14.2. The van der Waals surface area contributed by atoms with E-state index < -0.39 is 5.60 Å². The van der Waals surface area contributed by atoms with Gasteiger partial charge in [0.25, 0.3) is 5.91 Å². The summed E-state index contributed by atoms with van der Waals surface area (Å²) in [6, 6.07) is 17.5. The van der Waals surface area contributed by atoms with Crippen molar-refractivity contribution in [3.8, 4) is 16.5 Å². The lowest BCUT2D eigenvalue weighted by atomic mass is 9.93. The van der Waals surface area contributed by atoms with Gasteiger partial charge in [0.2, 0.25) is 0 Å². The Bertz CT molecular complexity index is 1570. The van der Waals surface area contributed by atoms with E-state index >= 15 is 0 Å². The number of nitrogens with one attached hydrogen (secondary N) is 1. The van der Waals surface area contributed by atoms with Crippen molar-refractivity contribution in [2.24, 2.45) is 0 Å². The molecule has 3 aromatic heterocycles. The van der Waals surface area contributed by atoms with Crippen molar-refractivity contribution in [3.63, 3.8) is 0 Å². The predicted molar refractivity (Wildman–Crippen MR) is 145 cm³/mol. The van der Waals surface area contributed by atoms with Gasteiger partial charge in [0.1, 0.15) is 11.3 Å². The summed E-state index contributed by atoms with van der Waals surface area (Å²) in [7, 11) is 1.61. The highest BCUT2D eigenvalue weighted by molar-refractivity contribution is 7.13. The zero-order valence-corrected chi connectivity index (χ0v) is 22.2. The van der Waals surface area contributed by atoms with Crippen LogP contribution in [0, 0.1) is 6.07 Å². The number of nitrogens with zero attached hydrogens (tertiary/aromatic N) is 2. The van der Waals surface area contributed by atoms with Crippen LogP contribution in [0.4, 0.5) is 0 Å². The Labute approximate surface area is 214 Å². The van der Waals surface area contributed by atoms with Gasteiger partial charge in [-0.3, -0.25) is 4.79 Å². The van der Waals surface area contributed by atoms with E-state index in [1.807, 2.05) is 30.5 Å². The summed E-state index contributed by atoms with van der Waals surface area (Å²) >= 11 is 1.62. The van der Waals surface area contributed by atoms with Crippen LogP contribution in [-0.2, 0) is 16.8 Å². The van der Waals surface area contributed by atoms with E-state index in [4.69, 9.17) is 14.1 Å². The maximum Gasteiger partial charge on any atom is 0.263 e. The fourth-order valence-electron chi connectivity index (χ4n) is 4.16. The minimum Gasteiger partial charge on any atom is -0.478 e. The number of thiazole rings is 1. The number of amides is 1. The molecule has 1 amide bonds. The van der Waals surface area contributed by atoms with Crippen molar-refractivity contribution in [2.45, 2.75) is 52.2 Å². The predicted octanol–water partition coefficient (Wildman–Crippen LogP) is 6.56. The summed E-state index contributed by atoms with van der Waals surface area (Å²) in [6.07, 6.45) is 1.95. The Kier molecular flexibility index (Phi) is 5.91. The fourth-order valence-corrected chi connectivity index (χ4v) is 5.16. The summed E-state index contributed by atoms with van der Waals surface area (Å²) in [5, 5.41) is 7.64. The molecule has 0 fully saturated rings. The molecule has 1 N–H and O–H groups in total. The largest absolute Gasteiger partial charge is 0.478 e. The van der Waals surface area contributed by atoms with Gasteiger partial charge in [-0.15, -0.1) is 11.3 Å². The van der Waals surface area contributed by atoms with Gasteiger partial charge >= 0.3 is 0 Å². The number of benzene rings is 2. The topological polar surface area (TPSA) is 69.3 Å². The summed E-state index contributed by atoms with van der Waals surface area (Å²) in [5.41, 5.74) is 3.19. The first-order valence-corrected chi connectivity index (χ1v) is 12.8. The Morgan fingerprint density at radius 2 is 1.94 bits per heavy atom.